The third-order valence-electron chi connectivity index (χ3n) is 5.23. The Morgan fingerprint density at radius 3 is 2.20 bits per heavy atom. The number of rotatable bonds is 7. The Kier molecular flexibility index (Phi) is 6.48. The van der Waals surface area contributed by atoms with E-state index in [9.17, 15) is 5.11 Å². The summed E-state index contributed by atoms with van der Waals surface area (Å²) in [6, 6.07) is 16.9. The van der Waals surface area contributed by atoms with E-state index in [1.807, 2.05) is 6.07 Å². The zero-order chi connectivity index (χ0) is 17.5. The Morgan fingerprint density at radius 2 is 1.52 bits per heavy atom. The van der Waals surface area contributed by atoms with Gasteiger partial charge in [-0.15, -0.1) is 0 Å². The molecule has 2 aromatic rings. The molecule has 0 aliphatic carbocycles. The summed E-state index contributed by atoms with van der Waals surface area (Å²) in [5.41, 5.74) is 3.67. The Labute approximate surface area is 151 Å². The van der Waals surface area contributed by atoms with E-state index in [2.05, 4.69) is 59.2 Å². The van der Waals surface area contributed by atoms with Crippen molar-refractivity contribution in [2.24, 2.45) is 0 Å². The number of hydrogen-bond donors (Lipinski definition) is 1. The molecule has 3 nitrogen and oxygen atoms in total. The summed E-state index contributed by atoms with van der Waals surface area (Å²) < 4.78 is 0. The largest absolute Gasteiger partial charge is 0.508 e. The van der Waals surface area contributed by atoms with Gasteiger partial charge in [-0.25, -0.2) is 0 Å². The first-order chi connectivity index (χ1) is 12.2. The van der Waals surface area contributed by atoms with Crippen LogP contribution in [0.4, 0.5) is 0 Å². The van der Waals surface area contributed by atoms with Gasteiger partial charge in [-0.3, -0.25) is 4.90 Å². The molecule has 0 aromatic heterocycles. The molecule has 1 N–H and O–H groups in total. The third-order valence-corrected chi connectivity index (χ3v) is 5.23. The molecule has 134 valence electrons. The molecule has 0 spiro atoms. The first-order valence-electron chi connectivity index (χ1n) is 9.54. The van der Waals surface area contributed by atoms with Crippen molar-refractivity contribution in [1.29, 1.82) is 0 Å². The second kappa shape index (κ2) is 9.02. The van der Waals surface area contributed by atoms with E-state index < -0.39 is 0 Å². The average Bonchev–Trinajstić information content (AvgIpc) is 2.65. The van der Waals surface area contributed by atoms with Crippen molar-refractivity contribution in [3.05, 3.63) is 65.2 Å². The van der Waals surface area contributed by atoms with Crippen LogP contribution < -0.4 is 0 Å². The molecule has 1 aliphatic rings. The van der Waals surface area contributed by atoms with Crippen molar-refractivity contribution in [1.82, 2.24) is 9.80 Å². The molecule has 1 saturated heterocycles. The highest BCUT2D eigenvalue weighted by molar-refractivity contribution is 5.36. The van der Waals surface area contributed by atoms with Gasteiger partial charge in [0.05, 0.1) is 0 Å². The van der Waals surface area contributed by atoms with Gasteiger partial charge in [0, 0.05) is 38.3 Å². The Morgan fingerprint density at radius 1 is 0.840 bits per heavy atom. The Balaban J connectivity index is 1.49. The van der Waals surface area contributed by atoms with Crippen LogP contribution in [-0.4, -0.2) is 47.6 Å². The molecule has 3 heteroatoms. The second-order valence-electron chi connectivity index (χ2n) is 7.01. The minimum atomic E-state index is 0.454. The van der Waals surface area contributed by atoms with Crippen molar-refractivity contribution in [2.75, 3.05) is 32.7 Å². The van der Waals surface area contributed by atoms with Crippen LogP contribution in [0.3, 0.4) is 0 Å². The van der Waals surface area contributed by atoms with Crippen molar-refractivity contribution < 1.29 is 5.11 Å². The first-order valence-corrected chi connectivity index (χ1v) is 9.54. The molecule has 0 atom stereocenters. The molecule has 0 unspecified atom stereocenters. The van der Waals surface area contributed by atoms with Crippen molar-refractivity contribution in [3.8, 4) is 5.75 Å². The summed E-state index contributed by atoms with van der Waals surface area (Å²) in [5, 5.41) is 10.4. The summed E-state index contributed by atoms with van der Waals surface area (Å²) in [7, 11) is 0. The molecule has 2 aromatic carbocycles. The maximum Gasteiger partial charge on any atom is 0.120 e. The zero-order valence-corrected chi connectivity index (χ0v) is 15.3. The van der Waals surface area contributed by atoms with Crippen LogP contribution >= 0.6 is 0 Å². The lowest BCUT2D eigenvalue weighted by molar-refractivity contribution is 0.131. The Bertz CT molecular complexity index is 648. The van der Waals surface area contributed by atoms with Crippen LogP contribution in [0, 0.1) is 0 Å². The topological polar surface area (TPSA) is 26.7 Å². The van der Waals surface area contributed by atoms with Gasteiger partial charge in [0.2, 0.25) is 0 Å². The summed E-state index contributed by atoms with van der Waals surface area (Å²) in [6.45, 7) is 8.66. The van der Waals surface area contributed by atoms with Crippen LogP contribution in [0.15, 0.2) is 48.5 Å². The average molecular weight is 338 g/mol. The van der Waals surface area contributed by atoms with Crippen LogP contribution in [0.2, 0.25) is 0 Å². The highest BCUT2D eigenvalue weighted by Gasteiger charge is 2.16. The van der Waals surface area contributed by atoms with Gasteiger partial charge in [0.15, 0.2) is 0 Å². The van der Waals surface area contributed by atoms with E-state index in [0.717, 1.165) is 64.1 Å². The first kappa shape index (κ1) is 18.0. The maximum atomic E-state index is 10.4. The smallest absolute Gasteiger partial charge is 0.120 e. The monoisotopic (exact) mass is 338 g/mol. The minimum Gasteiger partial charge on any atom is -0.508 e. The molecule has 0 saturated carbocycles. The van der Waals surface area contributed by atoms with E-state index in [-0.39, 0.29) is 0 Å². The minimum absolute atomic E-state index is 0.454. The molecular weight excluding hydrogens is 308 g/mol. The molecular formula is C22H30N2O. The molecule has 0 amide bonds. The lowest BCUT2D eigenvalue weighted by atomic mass is 10.0. The zero-order valence-electron chi connectivity index (χ0n) is 15.3. The van der Waals surface area contributed by atoms with Gasteiger partial charge in [-0.1, -0.05) is 49.4 Å². The molecule has 0 radical (unpaired) electrons. The van der Waals surface area contributed by atoms with E-state index >= 15 is 0 Å². The van der Waals surface area contributed by atoms with Crippen LogP contribution in [-0.2, 0) is 19.4 Å². The number of nitrogens with zero attached hydrogens (tertiary/aromatic N) is 2. The molecule has 1 heterocycles. The fourth-order valence-electron chi connectivity index (χ4n) is 3.54. The second-order valence-corrected chi connectivity index (χ2v) is 7.01. The van der Waals surface area contributed by atoms with Crippen molar-refractivity contribution >= 4 is 0 Å². The normalized spacial score (nSPS) is 16.2. The van der Waals surface area contributed by atoms with Gasteiger partial charge < -0.3 is 10.0 Å². The molecule has 1 aliphatic heterocycles. The lowest BCUT2D eigenvalue weighted by Crippen LogP contribution is -2.45. The van der Waals surface area contributed by atoms with Crippen LogP contribution in [0.5, 0.6) is 5.75 Å². The molecule has 3 rings (SSSR count). The maximum absolute atomic E-state index is 10.4. The fourth-order valence-corrected chi connectivity index (χ4v) is 3.54. The van der Waals surface area contributed by atoms with Crippen molar-refractivity contribution in [2.45, 2.75) is 32.7 Å². The number of hydrogen-bond acceptors (Lipinski definition) is 3. The molecule has 25 heavy (non-hydrogen) atoms. The van der Waals surface area contributed by atoms with Crippen LogP contribution in [0.1, 0.15) is 30.0 Å². The number of piperazine rings is 1. The summed E-state index contributed by atoms with van der Waals surface area (Å²) in [4.78, 5) is 4.92. The van der Waals surface area contributed by atoms with Crippen molar-refractivity contribution in [3.63, 3.8) is 0 Å². The number of phenolic OH excluding ortho intramolecular Hbond substituents is 1. The van der Waals surface area contributed by atoms with Gasteiger partial charge in [0.25, 0.3) is 0 Å². The van der Waals surface area contributed by atoms with Gasteiger partial charge >= 0.3 is 0 Å². The van der Waals surface area contributed by atoms with Crippen LogP contribution in [0.25, 0.3) is 0 Å². The van der Waals surface area contributed by atoms with E-state index in [4.69, 9.17) is 0 Å². The van der Waals surface area contributed by atoms with Gasteiger partial charge in [-0.2, -0.15) is 0 Å². The quantitative estimate of drug-likeness (QED) is 0.834. The highest BCUT2D eigenvalue weighted by Crippen LogP contribution is 2.22. The van der Waals surface area contributed by atoms with E-state index in [1.54, 1.807) is 0 Å². The number of phenols is 1. The number of aryl methyl sites for hydroxylation is 2. The summed E-state index contributed by atoms with van der Waals surface area (Å²) in [5.74, 6) is 0.454. The molecule has 1 fully saturated rings. The molecule has 0 bridgehead atoms. The predicted octanol–water partition coefficient (Wildman–Crippen LogP) is 3.71. The fraction of sp³-hybridized carbons (Fsp3) is 0.455. The summed E-state index contributed by atoms with van der Waals surface area (Å²) >= 11 is 0. The highest BCUT2D eigenvalue weighted by atomic mass is 16.3. The number of likely N-dealkylation sites (N-methyl/N-ethyl adjacent to an activating group) is 1. The van der Waals surface area contributed by atoms with Gasteiger partial charge in [-0.05, 0) is 43.0 Å². The standard InChI is InChI=1S/C22H30N2O/c1-2-23-13-15-24(16-14-23)18-21-12-11-20(17-22(21)25)10-6-9-19-7-4-3-5-8-19/h3-5,7-8,11-12,17,25H,2,6,9-10,13-16,18H2,1H3. The summed E-state index contributed by atoms with van der Waals surface area (Å²) in [6.07, 6.45) is 3.21. The number of aromatic hydroxyl groups is 1. The Hall–Kier alpha value is -1.84. The van der Waals surface area contributed by atoms with E-state index in [0.29, 0.717) is 5.75 Å². The predicted molar refractivity (Wildman–Crippen MR) is 104 cm³/mol. The SMILES string of the molecule is CCN1CCN(Cc2ccc(CCCc3ccccc3)cc2O)CC1. The van der Waals surface area contributed by atoms with Gasteiger partial charge in [0.1, 0.15) is 5.75 Å². The third kappa shape index (κ3) is 5.32. The van der Waals surface area contributed by atoms with E-state index in [1.165, 1.54) is 11.1 Å². The number of benzene rings is 2. The lowest BCUT2D eigenvalue weighted by Gasteiger charge is -2.34.